The summed E-state index contributed by atoms with van der Waals surface area (Å²) in [6.45, 7) is 8.17. The van der Waals surface area contributed by atoms with Crippen LogP contribution in [0.1, 0.15) is 53.4 Å². The third-order valence-corrected chi connectivity index (χ3v) is 2.40. The zero-order valence-corrected chi connectivity index (χ0v) is 8.35. The number of hydrogen-bond donors (Lipinski definition) is 1. The lowest BCUT2D eigenvalue weighted by Gasteiger charge is -2.28. The highest BCUT2D eigenvalue weighted by molar-refractivity contribution is 4.75. The lowest BCUT2D eigenvalue weighted by Crippen LogP contribution is -2.30. The van der Waals surface area contributed by atoms with Gasteiger partial charge in [0.25, 0.3) is 0 Å². The first-order valence-corrected chi connectivity index (χ1v) is 4.74. The summed E-state index contributed by atoms with van der Waals surface area (Å²) in [6, 6.07) is 0. The Labute approximate surface area is 70.8 Å². The van der Waals surface area contributed by atoms with Crippen LogP contribution < -0.4 is 0 Å². The average Bonchev–Trinajstić information content (AvgIpc) is 1.87. The average molecular weight is 158 g/mol. The largest absolute Gasteiger partial charge is 0.390 e. The van der Waals surface area contributed by atoms with Gasteiger partial charge in [0.15, 0.2) is 0 Å². The number of rotatable bonds is 5. The molecule has 0 unspecified atom stereocenters. The highest BCUT2D eigenvalue weighted by Gasteiger charge is 2.23. The molecule has 0 spiro atoms. The maximum absolute atomic E-state index is 9.70. The molecule has 0 rings (SSSR count). The number of aliphatic hydroxyl groups is 1. The molecule has 0 radical (unpaired) electrons. The molecule has 0 aliphatic rings. The van der Waals surface area contributed by atoms with Crippen LogP contribution in [-0.2, 0) is 0 Å². The molecule has 1 heteroatoms. The standard InChI is InChI=1S/C10H22O/c1-5-7-8-9(6-2)10(3,4)11/h9,11H,5-8H2,1-4H3/t9-/m1/s1. The predicted octanol–water partition coefficient (Wildman–Crippen LogP) is 2.97. The van der Waals surface area contributed by atoms with Crippen LogP contribution in [0.25, 0.3) is 0 Å². The van der Waals surface area contributed by atoms with Crippen molar-refractivity contribution in [1.82, 2.24) is 0 Å². The van der Waals surface area contributed by atoms with Crippen LogP contribution in [0.5, 0.6) is 0 Å². The van der Waals surface area contributed by atoms with Crippen LogP contribution in [0.3, 0.4) is 0 Å². The molecule has 11 heavy (non-hydrogen) atoms. The molecule has 0 heterocycles. The maximum Gasteiger partial charge on any atom is 0.0619 e. The minimum absolute atomic E-state index is 0.474. The Morgan fingerprint density at radius 1 is 1.27 bits per heavy atom. The van der Waals surface area contributed by atoms with E-state index in [2.05, 4.69) is 13.8 Å². The van der Waals surface area contributed by atoms with Crippen molar-refractivity contribution >= 4 is 0 Å². The molecule has 0 fully saturated rings. The molecule has 0 aliphatic heterocycles. The predicted molar refractivity (Wildman–Crippen MR) is 49.6 cm³/mol. The van der Waals surface area contributed by atoms with Gasteiger partial charge in [0.1, 0.15) is 0 Å². The first-order valence-electron chi connectivity index (χ1n) is 4.74. The van der Waals surface area contributed by atoms with Crippen molar-refractivity contribution in [3.63, 3.8) is 0 Å². The molecule has 0 bridgehead atoms. The van der Waals surface area contributed by atoms with Gasteiger partial charge in [-0.05, 0) is 26.2 Å². The highest BCUT2D eigenvalue weighted by atomic mass is 16.3. The normalized spacial score (nSPS) is 15.0. The van der Waals surface area contributed by atoms with E-state index >= 15 is 0 Å². The van der Waals surface area contributed by atoms with E-state index in [0.717, 1.165) is 12.8 Å². The first kappa shape index (κ1) is 11.0. The molecule has 1 atom stereocenters. The molecule has 68 valence electrons. The highest BCUT2D eigenvalue weighted by Crippen LogP contribution is 2.24. The molecule has 0 saturated carbocycles. The maximum atomic E-state index is 9.70. The van der Waals surface area contributed by atoms with Crippen LogP contribution >= 0.6 is 0 Å². The van der Waals surface area contributed by atoms with Gasteiger partial charge >= 0.3 is 0 Å². The lowest BCUT2D eigenvalue weighted by molar-refractivity contribution is 0.0106. The number of unbranched alkanes of at least 4 members (excludes halogenated alkanes) is 1. The molecular weight excluding hydrogens is 136 g/mol. The minimum atomic E-state index is -0.482. The summed E-state index contributed by atoms with van der Waals surface area (Å²) in [7, 11) is 0. The van der Waals surface area contributed by atoms with Crippen LogP contribution in [0.4, 0.5) is 0 Å². The van der Waals surface area contributed by atoms with Crippen molar-refractivity contribution in [2.24, 2.45) is 5.92 Å². The summed E-state index contributed by atoms with van der Waals surface area (Å²) >= 11 is 0. The monoisotopic (exact) mass is 158 g/mol. The quantitative estimate of drug-likeness (QED) is 0.652. The fourth-order valence-electron chi connectivity index (χ4n) is 1.51. The van der Waals surface area contributed by atoms with Gasteiger partial charge in [-0.15, -0.1) is 0 Å². The summed E-state index contributed by atoms with van der Waals surface area (Å²) in [4.78, 5) is 0. The topological polar surface area (TPSA) is 20.2 Å². The van der Waals surface area contributed by atoms with Crippen molar-refractivity contribution in [3.05, 3.63) is 0 Å². The molecule has 0 amide bonds. The summed E-state index contributed by atoms with van der Waals surface area (Å²) in [5.74, 6) is 0.474. The van der Waals surface area contributed by atoms with Crippen LogP contribution in [0.15, 0.2) is 0 Å². The Kier molecular flexibility index (Phi) is 4.74. The van der Waals surface area contributed by atoms with Gasteiger partial charge in [0, 0.05) is 0 Å². The SMILES string of the molecule is CCCC[C@@H](CC)C(C)(C)O. The van der Waals surface area contributed by atoms with Crippen molar-refractivity contribution in [2.45, 2.75) is 59.0 Å². The Balaban J connectivity index is 3.76. The Hall–Kier alpha value is -0.0400. The Bertz CT molecular complexity index is 91.5. The van der Waals surface area contributed by atoms with Crippen molar-refractivity contribution < 1.29 is 5.11 Å². The van der Waals surface area contributed by atoms with E-state index in [1.165, 1.54) is 12.8 Å². The molecule has 0 aromatic carbocycles. The third-order valence-electron chi connectivity index (χ3n) is 2.40. The summed E-state index contributed by atoms with van der Waals surface area (Å²) in [6.07, 6.45) is 4.72. The lowest BCUT2D eigenvalue weighted by atomic mass is 9.85. The van der Waals surface area contributed by atoms with Crippen molar-refractivity contribution in [3.8, 4) is 0 Å². The number of hydrogen-bond acceptors (Lipinski definition) is 1. The Morgan fingerprint density at radius 2 is 1.82 bits per heavy atom. The van der Waals surface area contributed by atoms with E-state index in [1.807, 2.05) is 13.8 Å². The van der Waals surface area contributed by atoms with Gasteiger partial charge in [-0.2, -0.15) is 0 Å². The molecule has 0 aromatic heterocycles. The van der Waals surface area contributed by atoms with E-state index in [1.54, 1.807) is 0 Å². The van der Waals surface area contributed by atoms with E-state index < -0.39 is 5.60 Å². The third kappa shape index (κ3) is 4.41. The van der Waals surface area contributed by atoms with Gasteiger partial charge < -0.3 is 5.11 Å². The van der Waals surface area contributed by atoms with Crippen LogP contribution in [-0.4, -0.2) is 10.7 Å². The zero-order valence-electron chi connectivity index (χ0n) is 8.35. The minimum Gasteiger partial charge on any atom is -0.390 e. The van der Waals surface area contributed by atoms with E-state index in [-0.39, 0.29) is 0 Å². The van der Waals surface area contributed by atoms with Gasteiger partial charge in [-0.25, -0.2) is 0 Å². The van der Waals surface area contributed by atoms with E-state index in [4.69, 9.17) is 0 Å². The second-order valence-corrected chi connectivity index (χ2v) is 3.90. The van der Waals surface area contributed by atoms with Gasteiger partial charge in [-0.1, -0.05) is 33.1 Å². The van der Waals surface area contributed by atoms with Gasteiger partial charge in [0.2, 0.25) is 0 Å². The van der Waals surface area contributed by atoms with Crippen LogP contribution in [0.2, 0.25) is 0 Å². The molecule has 1 N–H and O–H groups in total. The molecule has 1 nitrogen and oxygen atoms in total. The van der Waals surface area contributed by atoms with E-state index in [0.29, 0.717) is 5.92 Å². The second kappa shape index (κ2) is 4.76. The summed E-state index contributed by atoms with van der Waals surface area (Å²) < 4.78 is 0. The fourth-order valence-corrected chi connectivity index (χ4v) is 1.51. The molecule has 0 aliphatic carbocycles. The smallest absolute Gasteiger partial charge is 0.0619 e. The zero-order chi connectivity index (χ0) is 8.91. The molecule has 0 aromatic rings. The summed E-state index contributed by atoms with van der Waals surface area (Å²) in [5, 5.41) is 9.70. The Morgan fingerprint density at radius 3 is 2.09 bits per heavy atom. The van der Waals surface area contributed by atoms with E-state index in [9.17, 15) is 5.11 Å². The van der Waals surface area contributed by atoms with Gasteiger partial charge in [-0.3, -0.25) is 0 Å². The first-order chi connectivity index (χ1) is 5.02. The van der Waals surface area contributed by atoms with Crippen LogP contribution in [0, 0.1) is 5.92 Å². The van der Waals surface area contributed by atoms with Crippen molar-refractivity contribution in [1.29, 1.82) is 0 Å². The summed E-state index contributed by atoms with van der Waals surface area (Å²) in [5.41, 5.74) is -0.482. The van der Waals surface area contributed by atoms with Crippen molar-refractivity contribution in [2.75, 3.05) is 0 Å². The molecule has 0 saturated heterocycles. The fraction of sp³-hybridized carbons (Fsp3) is 1.00. The van der Waals surface area contributed by atoms with Gasteiger partial charge in [0.05, 0.1) is 5.60 Å². The molecular formula is C10H22O. The second-order valence-electron chi connectivity index (χ2n) is 3.90.